The van der Waals surface area contributed by atoms with Gasteiger partial charge >= 0.3 is 0 Å². The maximum atomic E-state index is 11.6. The van der Waals surface area contributed by atoms with Gasteiger partial charge in [0, 0.05) is 6.20 Å². The highest BCUT2D eigenvalue weighted by atomic mass is 16.1. The molecule has 0 radical (unpaired) electrons. The molecule has 2 N–H and O–H groups in total. The molecule has 1 heterocycles. The fourth-order valence-corrected chi connectivity index (χ4v) is 1.92. The summed E-state index contributed by atoms with van der Waals surface area (Å²) in [5.41, 5.74) is 8.14. The van der Waals surface area contributed by atoms with Crippen molar-refractivity contribution in [3.05, 3.63) is 65.5 Å². The monoisotopic (exact) mass is 226 g/mol. The second-order valence-corrected chi connectivity index (χ2v) is 3.95. The molecule has 86 valence electrons. The van der Waals surface area contributed by atoms with Gasteiger partial charge in [-0.25, -0.2) is 0 Å². The van der Waals surface area contributed by atoms with Crippen molar-refractivity contribution in [1.29, 1.82) is 0 Å². The lowest BCUT2D eigenvalue weighted by atomic mass is 9.91. The van der Waals surface area contributed by atoms with Crippen molar-refractivity contribution in [1.82, 2.24) is 4.98 Å². The number of pyridine rings is 1. The molecule has 17 heavy (non-hydrogen) atoms. The molecule has 0 aliphatic rings. The molecule has 1 aromatic heterocycles. The highest BCUT2D eigenvalue weighted by molar-refractivity contribution is 5.85. The molecule has 0 fully saturated rings. The molecule has 1 amide bonds. The molecule has 0 aliphatic carbocycles. The van der Waals surface area contributed by atoms with Crippen LogP contribution in [0.1, 0.15) is 22.7 Å². The van der Waals surface area contributed by atoms with Crippen molar-refractivity contribution in [3.8, 4) is 0 Å². The number of benzene rings is 1. The first-order valence-electron chi connectivity index (χ1n) is 5.46. The van der Waals surface area contributed by atoms with Crippen LogP contribution in [-0.4, -0.2) is 10.9 Å². The molecule has 1 unspecified atom stereocenters. The molecular weight excluding hydrogens is 212 g/mol. The van der Waals surface area contributed by atoms with Crippen LogP contribution in [0.25, 0.3) is 0 Å². The van der Waals surface area contributed by atoms with Gasteiger partial charge in [0.05, 0.1) is 5.69 Å². The smallest absolute Gasteiger partial charge is 0.231 e. The van der Waals surface area contributed by atoms with Crippen LogP contribution >= 0.6 is 0 Å². The van der Waals surface area contributed by atoms with Crippen LogP contribution in [0, 0.1) is 6.92 Å². The zero-order valence-corrected chi connectivity index (χ0v) is 9.63. The fourth-order valence-electron chi connectivity index (χ4n) is 1.92. The van der Waals surface area contributed by atoms with Gasteiger partial charge in [0.2, 0.25) is 5.91 Å². The third-order valence-corrected chi connectivity index (χ3v) is 2.77. The normalized spacial score (nSPS) is 12.1. The lowest BCUT2D eigenvalue weighted by molar-refractivity contribution is -0.118. The number of hydrogen-bond acceptors (Lipinski definition) is 2. The average molecular weight is 226 g/mol. The summed E-state index contributed by atoms with van der Waals surface area (Å²) >= 11 is 0. The summed E-state index contributed by atoms with van der Waals surface area (Å²) in [7, 11) is 0. The van der Waals surface area contributed by atoms with E-state index in [1.807, 2.05) is 49.4 Å². The Morgan fingerprint density at radius 1 is 1.18 bits per heavy atom. The first-order valence-corrected chi connectivity index (χ1v) is 5.46. The van der Waals surface area contributed by atoms with E-state index in [4.69, 9.17) is 5.73 Å². The van der Waals surface area contributed by atoms with Crippen LogP contribution < -0.4 is 5.73 Å². The van der Waals surface area contributed by atoms with Crippen LogP contribution in [0.2, 0.25) is 0 Å². The molecule has 2 rings (SSSR count). The van der Waals surface area contributed by atoms with Crippen LogP contribution in [0.3, 0.4) is 0 Å². The molecule has 0 aliphatic heterocycles. The summed E-state index contributed by atoms with van der Waals surface area (Å²) in [5, 5.41) is 0. The van der Waals surface area contributed by atoms with E-state index in [0.717, 1.165) is 11.1 Å². The quantitative estimate of drug-likeness (QED) is 0.870. The minimum Gasteiger partial charge on any atom is -0.369 e. The second kappa shape index (κ2) is 4.78. The highest BCUT2D eigenvalue weighted by Crippen LogP contribution is 2.25. The number of carbonyl (C=O) groups is 1. The molecule has 0 saturated carbocycles. The predicted octanol–water partition coefficient (Wildman–Crippen LogP) is 2.01. The Morgan fingerprint density at radius 2 is 1.88 bits per heavy atom. The number of rotatable bonds is 3. The van der Waals surface area contributed by atoms with Crippen molar-refractivity contribution >= 4 is 5.91 Å². The van der Waals surface area contributed by atoms with E-state index >= 15 is 0 Å². The third-order valence-electron chi connectivity index (χ3n) is 2.77. The van der Waals surface area contributed by atoms with Gasteiger partial charge in [-0.15, -0.1) is 0 Å². The Labute approximate surface area is 100 Å². The Balaban J connectivity index is 2.51. The van der Waals surface area contributed by atoms with Gasteiger partial charge < -0.3 is 5.73 Å². The number of amides is 1. The van der Waals surface area contributed by atoms with E-state index in [1.54, 1.807) is 6.20 Å². The predicted molar refractivity (Wildman–Crippen MR) is 66.5 cm³/mol. The topological polar surface area (TPSA) is 56.0 Å². The fraction of sp³-hybridized carbons (Fsp3) is 0.143. The minimum atomic E-state index is -0.475. The Morgan fingerprint density at radius 3 is 2.47 bits per heavy atom. The molecule has 3 heteroatoms. The molecule has 1 atom stereocenters. The lowest BCUT2D eigenvalue weighted by Gasteiger charge is -2.15. The summed E-state index contributed by atoms with van der Waals surface area (Å²) < 4.78 is 0. The van der Waals surface area contributed by atoms with E-state index in [1.165, 1.54) is 0 Å². The van der Waals surface area contributed by atoms with Crippen molar-refractivity contribution < 1.29 is 4.79 Å². The maximum Gasteiger partial charge on any atom is 0.231 e. The molecular formula is C14H14N2O. The number of nitrogens with two attached hydrogens (primary N) is 1. The molecule has 0 saturated heterocycles. The van der Waals surface area contributed by atoms with E-state index in [0.29, 0.717) is 5.69 Å². The third kappa shape index (κ3) is 2.33. The van der Waals surface area contributed by atoms with Gasteiger partial charge in [-0.2, -0.15) is 0 Å². The second-order valence-electron chi connectivity index (χ2n) is 3.95. The van der Waals surface area contributed by atoms with Crippen LogP contribution in [0.15, 0.2) is 48.7 Å². The van der Waals surface area contributed by atoms with Crippen molar-refractivity contribution in [2.24, 2.45) is 5.73 Å². The van der Waals surface area contributed by atoms with Gasteiger partial charge in [0.25, 0.3) is 0 Å². The van der Waals surface area contributed by atoms with E-state index in [2.05, 4.69) is 4.98 Å². The Hall–Kier alpha value is -2.16. The minimum absolute atomic E-state index is 0.377. The molecule has 1 aromatic carbocycles. The maximum absolute atomic E-state index is 11.6. The number of primary amides is 1. The molecule has 0 spiro atoms. The van der Waals surface area contributed by atoms with E-state index < -0.39 is 5.92 Å². The van der Waals surface area contributed by atoms with Crippen molar-refractivity contribution in [2.75, 3.05) is 0 Å². The standard InChI is InChI=1S/C14H14N2O/c1-10-6-2-3-7-11(10)13(14(15)17)12-8-4-5-9-16-12/h2-9,13H,1H3,(H2,15,17). The zero-order valence-electron chi connectivity index (χ0n) is 9.63. The Bertz CT molecular complexity index is 523. The zero-order chi connectivity index (χ0) is 12.3. The summed E-state index contributed by atoms with van der Waals surface area (Å²) in [4.78, 5) is 15.9. The largest absolute Gasteiger partial charge is 0.369 e. The first-order chi connectivity index (χ1) is 8.20. The highest BCUT2D eigenvalue weighted by Gasteiger charge is 2.22. The number of nitrogens with zero attached hydrogens (tertiary/aromatic N) is 1. The first kappa shape index (κ1) is 11.3. The average Bonchev–Trinajstić information content (AvgIpc) is 2.33. The van der Waals surface area contributed by atoms with Crippen LogP contribution in [0.5, 0.6) is 0 Å². The van der Waals surface area contributed by atoms with Crippen LogP contribution in [0.4, 0.5) is 0 Å². The van der Waals surface area contributed by atoms with E-state index in [-0.39, 0.29) is 5.91 Å². The molecule has 3 nitrogen and oxygen atoms in total. The number of aryl methyl sites for hydroxylation is 1. The SMILES string of the molecule is Cc1ccccc1C(C(N)=O)c1ccccn1. The summed E-state index contributed by atoms with van der Waals surface area (Å²) in [6, 6.07) is 13.2. The van der Waals surface area contributed by atoms with Gasteiger partial charge in [-0.1, -0.05) is 30.3 Å². The van der Waals surface area contributed by atoms with Crippen molar-refractivity contribution in [2.45, 2.75) is 12.8 Å². The molecule has 2 aromatic rings. The van der Waals surface area contributed by atoms with Gasteiger partial charge in [-0.05, 0) is 30.2 Å². The van der Waals surface area contributed by atoms with E-state index in [9.17, 15) is 4.79 Å². The number of carbonyl (C=O) groups excluding carboxylic acids is 1. The molecule has 0 bridgehead atoms. The van der Waals surface area contributed by atoms with Gasteiger partial charge in [0.15, 0.2) is 0 Å². The summed E-state index contributed by atoms with van der Waals surface area (Å²) in [5.74, 6) is -0.851. The Kier molecular flexibility index (Phi) is 3.19. The lowest BCUT2D eigenvalue weighted by Crippen LogP contribution is -2.23. The number of hydrogen-bond donors (Lipinski definition) is 1. The van der Waals surface area contributed by atoms with Crippen molar-refractivity contribution in [3.63, 3.8) is 0 Å². The summed E-state index contributed by atoms with van der Waals surface area (Å²) in [6.07, 6.45) is 1.67. The van der Waals surface area contributed by atoms with Crippen LogP contribution in [-0.2, 0) is 4.79 Å². The van der Waals surface area contributed by atoms with Gasteiger partial charge in [-0.3, -0.25) is 9.78 Å². The van der Waals surface area contributed by atoms with Gasteiger partial charge in [0.1, 0.15) is 5.92 Å². The summed E-state index contributed by atoms with van der Waals surface area (Å²) in [6.45, 7) is 1.97. The number of aromatic nitrogens is 1.